The highest BCUT2D eigenvalue weighted by atomic mass is 16.5. The van der Waals surface area contributed by atoms with Gasteiger partial charge in [0.2, 0.25) is 0 Å². The van der Waals surface area contributed by atoms with Gasteiger partial charge in [-0.15, -0.1) is 0 Å². The molecule has 0 aromatic carbocycles. The highest BCUT2D eigenvalue weighted by molar-refractivity contribution is 5.49. The van der Waals surface area contributed by atoms with Gasteiger partial charge in [-0.25, -0.2) is 15.8 Å². The van der Waals surface area contributed by atoms with E-state index in [2.05, 4.69) is 27.2 Å². The minimum atomic E-state index is 0.337. The standard InChI is InChI=1S/C13H23N5O2/c1-3-10-8-20-6-5-18(10)13-7-11(17-14)15-12(16-13)9-19-4-2/h7,10H,3-6,8-9,14H2,1-2H3,(H,15,16,17). The molecule has 1 aliphatic heterocycles. The van der Waals surface area contributed by atoms with Crippen LogP contribution in [0.3, 0.4) is 0 Å². The van der Waals surface area contributed by atoms with E-state index in [-0.39, 0.29) is 0 Å². The molecular formula is C13H23N5O2. The average molecular weight is 281 g/mol. The maximum atomic E-state index is 5.53. The van der Waals surface area contributed by atoms with Crippen LogP contribution in [0.4, 0.5) is 11.6 Å². The Morgan fingerprint density at radius 2 is 2.35 bits per heavy atom. The summed E-state index contributed by atoms with van der Waals surface area (Å²) < 4.78 is 10.9. The van der Waals surface area contributed by atoms with Crippen LogP contribution in [0.1, 0.15) is 26.1 Å². The number of hydrogen-bond acceptors (Lipinski definition) is 7. The van der Waals surface area contributed by atoms with E-state index < -0.39 is 0 Å². The predicted octanol–water partition coefficient (Wildman–Crippen LogP) is 0.914. The van der Waals surface area contributed by atoms with Crippen LogP contribution < -0.4 is 16.2 Å². The predicted molar refractivity (Wildman–Crippen MR) is 77.4 cm³/mol. The maximum absolute atomic E-state index is 5.53. The molecule has 0 bridgehead atoms. The van der Waals surface area contributed by atoms with Crippen molar-refractivity contribution in [2.45, 2.75) is 32.9 Å². The summed E-state index contributed by atoms with van der Waals surface area (Å²) in [6, 6.07) is 2.20. The first-order chi connectivity index (χ1) is 9.78. The molecule has 0 saturated carbocycles. The van der Waals surface area contributed by atoms with Crippen LogP contribution in [-0.2, 0) is 16.1 Å². The number of nitrogens with one attached hydrogen (secondary N) is 1. The Bertz CT molecular complexity index is 429. The summed E-state index contributed by atoms with van der Waals surface area (Å²) >= 11 is 0. The van der Waals surface area contributed by atoms with Crippen LogP contribution in [0.15, 0.2) is 6.07 Å². The van der Waals surface area contributed by atoms with Crippen molar-refractivity contribution in [2.24, 2.45) is 5.84 Å². The van der Waals surface area contributed by atoms with Gasteiger partial charge in [0.25, 0.3) is 0 Å². The first kappa shape index (κ1) is 15.0. The lowest BCUT2D eigenvalue weighted by molar-refractivity contribution is 0.0923. The molecule has 3 N–H and O–H groups in total. The van der Waals surface area contributed by atoms with Crippen LogP contribution in [0.5, 0.6) is 0 Å². The van der Waals surface area contributed by atoms with Gasteiger partial charge in [0.05, 0.1) is 19.3 Å². The van der Waals surface area contributed by atoms with E-state index in [1.165, 1.54) is 0 Å². The molecule has 112 valence electrons. The van der Waals surface area contributed by atoms with Crippen LogP contribution in [0, 0.1) is 0 Å². The van der Waals surface area contributed by atoms with Gasteiger partial charge < -0.3 is 19.8 Å². The van der Waals surface area contributed by atoms with Crippen LogP contribution in [0.2, 0.25) is 0 Å². The van der Waals surface area contributed by atoms with E-state index in [0.29, 0.717) is 37.5 Å². The molecule has 1 saturated heterocycles. The van der Waals surface area contributed by atoms with Gasteiger partial charge in [0.1, 0.15) is 18.2 Å². The van der Waals surface area contributed by atoms with E-state index in [4.69, 9.17) is 15.3 Å². The Kier molecular flexibility index (Phi) is 5.51. The lowest BCUT2D eigenvalue weighted by atomic mass is 10.2. The molecule has 0 amide bonds. The van der Waals surface area contributed by atoms with Gasteiger partial charge in [-0.1, -0.05) is 6.92 Å². The van der Waals surface area contributed by atoms with Crippen LogP contribution >= 0.6 is 0 Å². The molecule has 7 heteroatoms. The normalized spacial score (nSPS) is 19.1. The minimum absolute atomic E-state index is 0.337. The first-order valence-electron chi connectivity index (χ1n) is 7.05. The number of morpholine rings is 1. The molecule has 1 aromatic heterocycles. The third-order valence-electron chi connectivity index (χ3n) is 3.34. The monoisotopic (exact) mass is 281 g/mol. The molecule has 7 nitrogen and oxygen atoms in total. The zero-order chi connectivity index (χ0) is 14.4. The highest BCUT2D eigenvalue weighted by Crippen LogP contribution is 2.21. The van der Waals surface area contributed by atoms with Crippen molar-refractivity contribution in [1.82, 2.24) is 9.97 Å². The van der Waals surface area contributed by atoms with E-state index in [9.17, 15) is 0 Å². The van der Waals surface area contributed by atoms with E-state index in [1.807, 2.05) is 13.0 Å². The second-order valence-corrected chi connectivity index (χ2v) is 4.64. The van der Waals surface area contributed by atoms with Crippen molar-refractivity contribution in [3.05, 3.63) is 11.9 Å². The number of rotatable bonds is 6. The Morgan fingerprint density at radius 1 is 1.50 bits per heavy atom. The summed E-state index contributed by atoms with van der Waals surface area (Å²) in [6.07, 6.45) is 1.01. The largest absolute Gasteiger partial charge is 0.377 e. The lowest BCUT2D eigenvalue weighted by Crippen LogP contribution is -2.45. The fourth-order valence-corrected chi connectivity index (χ4v) is 2.26. The minimum Gasteiger partial charge on any atom is -0.377 e. The molecule has 0 aliphatic carbocycles. The lowest BCUT2D eigenvalue weighted by Gasteiger charge is -2.36. The number of aromatic nitrogens is 2. The van der Waals surface area contributed by atoms with Gasteiger partial charge in [-0.05, 0) is 13.3 Å². The Balaban J connectivity index is 2.24. The van der Waals surface area contributed by atoms with Crippen molar-refractivity contribution >= 4 is 11.6 Å². The van der Waals surface area contributed by atoms with Gasteiger partial charge >= 0.3 is 0 Å². The number of anilines is 2. The number of nitrogens with zero attached hydrogens (tertiary/aromatic N) is 3. The van der Waals surface area contributed by atoms with Crippen molar-refractivity contribution in [2.75, 3.05) is 36.7 Å². The number of hydrazine groups is 1. The molecule has 1 atom stereocenters. The number of nitrogen functional groups attached to an aromatic ring is 1. The molecule has 2 heterocycles. The van der Waals surface area contributed by atoms with Crippen LogP contribution in [0.25, 0.3) is 0 Å². The van der Waals surface area contributed by atoms with Gasteiger partial charge in [0.15, 0.2) is 5.82 Å². The molecule has 20 heavy (non-hydrogen) atoms. The van der Waals surface area contributed by atoms with Gasteiger partial charge in [0, 0.05) is 19.2 Å². The smallest absolute Gasteiger partial charge is 0.158 e. The quantitative estimate of drug-likeness (QED) is 0.592. The summed E-state index contributed by atoms with van der Waals surface area (Å²) in [4.78, 5) is 11.1. The van der Waals surface area contributed by atoms with Crippen molar-refractivity contribution < 1.29 is 9.47 Å². The zero-order valence-corrected chi connectivity index (χ0v) is 12.1. The average Bonchev–Trinajstić information content (AvgIpc) is 2.52. The topological polar surface area (TPSA) is 85.5 Å². The molecule has 1 aliphatic rings. The summed E-state index contributed by atoms with van der Waals surface area (Å²) in [6.45, 7) is 7.39. The maximum Gasteiger partial charge on any atom is 0.158 e. The number of hydrogen-bond donors (Lipinski definition) is 2. The fraction of sp³-hybridized carbons (Fsp3) is 0.692. The molecular weight excluding hydrogens is 258 g/mol. The Labute approximate surface area is 119 Å². The molecule has 0 radical (unpaired) electrons. The van der Waals surface area contributed by atoms with E-state index in [0.717, 1.165) is 25.4 Å². The van der Waals surface area contributed by atoms with Gasteiger partial charge in [-0.2, -0.15) is 0 Å². The van der Waals surface area contributed by atoms with E-state index >= 15 is 0 Å². The van der Waals surface area contributed by atoms with Crippen molar-refractivity contribution in [3.8, 4) is 0 Å². The van der Waals surface area contributed by atoms with Crippen molar-refractivity contribution in [1.29, 1.82) is 0 Å². The molecule has 1 aromatic rings. The Morgan fingerprint density at radius 3 is 3.05 bits per heavy atom. The van der Waals surface area contributed by atoms with Crippen LogP contribution in [-0.4, -0.2) is 42.4 Å². The first-order valence-corrected chi connectivity index (χ1v) is 7.05. The summed E-state index contributed by atoms with van der Waals surface area (Å²) in [5, 5.41) is 0. The molecule has 0 spiro atoms. The van der Waals surface area contributed by atoms with Crippen molar-refractivity contribution in [3.63, 3.8) is 0 Å². The summed E-state index contributed by atoms with van der Waals surface area (Å²) in [7, 11) is 0. The van der Waals surface area contributed by atoms with E-state index in [1.54, 1.807) is 0 Å². The molecule has 2 rings (SSSR count). The zero-order valence-electron chi connectivity index (χ0n) is 12.1. The summed E-state index contributed by atoms with van der Waals surface area (Å²) in [5.74, 6) is 7.60. The SMILES string of the molecule is CCOCc1nc(NN)cc(N2CCOCC2CC)n1. The Hall–Kier alpha value is -1.44. The highest BCUT2D eigenvalue weighted by Gasteiger charge is 2.23. The third-order valence-corrected chi connectivity index (χ3v) is 3.34. The third kappa shape index (κ3) is 3.56. The molecule has 1 fully saturated rings. The number of nitrogens with two attached hydrogens (primary N) is 1. The van der Waals surface area contributed by atoms with Gasteiger partial charge in [-0.3, -0.25) is 0 Å². The second-order valence-electron chi connectivity index (χ2n) is 4.64. The summed E-state index contributed by atoms with van der Waals surface area (Å²) in [5.41, 5.74) is 2.59. The molecule has 1 unspecified atom stereocenters. The second kappa shape index (κ2) is 7.37. The fourth-order valence-electron chi connectivity index (χ4n) is 2.26. The number of ether oxygens (including phenoxy) is 2.